The first-order chi connectivity index (χ1) is 13.6. The first-order valence-corrected chi connectivity index (χ1v) is 9.22. The van der Waals surface area contributed by atoms with E-state index in [0.717, 1.165) is 30.8 Å². The number of aromatic nitrogens is 4. The lowest BCUT2D eigenvalue weighted by Gasteiger charge is -2.26. The van der Waals surface area contributed by atoms with Crippen LogP contribution in [0.3, 0.4) is 0 Å². The van der Waals surface area contributed by atoms with Gasteiger partial charge in [0.1, 0.15) is 11.6 Å². The van der Waals surface area contributed by atoms with E-state index in [0.29, 0.717) is 23.2 Å². The summed E-state index contributed by atoms with van der Waals surface area (Å²) in [6, 6.07) is 3.39. The molecule has 1 aliphatic heterocycles. The average molecular weight is 381 g/mol. The predicted octanol–water partition coefficient (Wildman–Crippen LogP) is 3.48. The minimum absolute atomic E-state index is 0.00489. The molecular formula is C20H20FN5O2. The zero-order valence-electron chi connectivity index (χ0n) is 15.4. The fourth-order valence-corrected chi connectivity index (χ4v) is 3.64. The normalized spacial score (nSPS) is 17.4. The lowest BCUT2D eigenvalue weighted by atomic mass is 10.1. The number of fused-ring (bicyclic) bond motifs is 1. The number of carboxylic acid groups (broad SMARTS) is 1. The van der Waals surface area contributed by atoms with E-state index in [1.165, 1.54) is 12.3 Å². The lowest BCUT2D eigenvalue weighted by molar-refractivity contribution is -0.132. The number of hydrogen-bond donors (Lipinski definition) is 1. The fraction of sp³-hybridized carbons (Fsp3) is 0.300. The van der Waals surface area contributed by atoms with Crippen LogP contribution in [0, 0.1) is 5.82 Å². The van der Waals surface area contributed by atoms with Crippen molar-refractivity contribution in [2.75, 3.05) is 11.4 Å². The summed E-state index contributed by atoms with van der Waals surface area (Å²) < 4.78 is 15.3. The number of pyridine rings is 1. The van der Waals surface area contributed by atoms with Gasteiger partial charge >= 0.3 is 5.97 Å². The summed E-state index contributed by atoms with van der Waals surface area (Å²) in [7, 11) is 0. The van der Waals surface area contributed by atoms with E-state index in [1.807, 2.05) is 6.07 Å². The molecule has 4 rings (SSSR count). The Morgan fingerprint density at radius 3 is 3.00 bits per heavy atom. The monoisotopic (exact) mass is 381 g/mol. The van der Waals surface area contributed by atoms with Gasteiger partial charge < -0.3 is 10.0 Å². The molecule has 144 valence electrons. The van der Waals surface area contributed by atoms with Crippen molar-refractivity contribution in [2.24, 2.45) is 0 Å². The van der Waals surface area contributed by atoms with Crippen molar-refractivity contribution >= 4 is 23.5 Å². The summed E-state index contributed by atoms with van der Waals surface area (Å²) >= 11 is 0. The van der Waals surface area contributed by atoms with Crippen LogP contribution in [0.15, 0.2) is 42.5 Å². The van der Waals surface area contributed by atoms with E-state index in [2.05, 4.69) is 15.0 Å². The number of halogens is 1. The predicted molar refractivity (Wildman–Crippen MR) is 102 cm³/mol. The molecule has 4 heterocycles. The Morgan fingerprint density at radius 1 is 1.39 bits per heavy atom. The summed E-state index contributed by atoms with van der Waals surface area (Å²) in [4.78, 5) is 22.2. The van der Waals surface area contributed by atoms with E-state index in [9.17, 15) is 14.3 Å². The minimum Gasteiger partial charge on any atom is -0.478 e. The Labute approximate surface area is 161 Å². The Bertz CT molecular complexity index is 1060. The minimum atomic E-state index is -0.948. The maximum atomic E-state index is 13.6. The molecule has 28 heavy (non-hydrogen) atoms. The van der Waals surface area contributed by atoms with Gasteiger partial charge in [-0.3, -0.25) is 4.98 Å². The molecule has 0 saturated carbocycles. The standard InChI is InChI=1S/C20H20FN5O2/c1-2-13(20(27)28)8-15-11-23-26-7-5-18(24-19(15)26)25-6-3-4-17(25)14-9-16(21)12-22-10-14/h5,7-12,17H,2-4,6H2,1H3,(H,27,28). The third-order valence-electron chi connectivity index (χ3n) is 5.02. The van der Waals surface area contributed by atoms with Crippen LogP contribution in [-0.4, -0.2) is 37.2 Å². The second-order valence-corrected chi connectivity index (χ2v) is 6.77. The number of hydrogen-bond acceptors (Lipinski definition) is 5. The molecule has 0 spiro atoms. The first kappa shape index (κ1) is 18.1. The fourth-order valence-electron chi connectivity index (χ4n) is 3.64. The van der Waals surface area contributed by atoms with Crippen LogP contribution in [0.25, 0.3) is 11.7 Å². The van der Waals surface area contributed by atoms with Crippen molar-refractivity contribution < 1.29 is 14.3 Å². The molecular weight excluding hydrogens is 361 g/mol. The highest BCUT2D eigenvalue weighted by Crippen LogP contribution is 2.35. The Balaban J connectivity index is 1.73. The Morgan fingerprint density at radius 2 is 2.25 bits per heavy atom. The van der Waals surface area contributed by atoms with Gasteiger partial charge in [-0.15, -0.1) is 0 Å². The molecule has 3 aromatic heterocycles. The van der Waals surface area contributed by atoms with E-state index < -0.39 is 5.97 Å². The number of rotatable bonds is 5. The number of anilines is 1. The largest absolute Gasteiger partial charge is 0.478 e. The highest BCUT2D eigenvalue weighted by molar-refractivity contribution is 5.93. The molecule has 1 atom stereocenters. The molecule has 8 heteroatoms. The maximum Gasteiger partial charge on any atom is 0.331 e. The molecule has 0 aromatic carbocycles. The molecule has 1 saturated heterocycles. The number of nitrogens with zero attached hydrogens (tertiary/aromatic N) is 5. The van der Waals surface area contributed by atoms with E-state index >= 15 is 0 Å². The molecule has 0 aliphatic carbocycles. The molecule has 1 unspecified atom stereocenters. The van der Waals surface area contributed by atoms with E-state index in [4.69, 9.17) is 4.98 Å². The van der Waals surface area contributed by atoms with Gasteiger partial charge in [-0.25, -0.2) is 18.7 Å². The summed E-state index contributed by atoms with van der Waals surface area (Å²) in [5.74, 6) is -0.546. The number of carboxylic acids is 1. The van der Waals surface area contributed by atoms with Gasteiger partial charge in [0.05, 0.1) is 18.4 Å². The quantitative estimate of drug-likeness (QED) is 0.681. The molecule has 1 aliphatic rings. The zero-order valence-corrected chi connectivity index (χ0v) is 15.4. The highest BCUT2D eigenvalue weighted by Gasteiger charge is 2.28. The van der Waals surface area contributed by atoms with Gasteiger partial charge in [0.2, 0.25) is 0 Å². The highest BCUT2D eigenvalue weighted by atomic mass is 19.1. The van der Waals surface area contributed by atoms with Crippen LogP contribution in [0.2, 0.25) is 0 Å². The first-order valence-electron chi connectivity index (χ1n) is 9.22. The molecule has 1 N–H and O–H groups in total. The summed E-state index contributed by atoms with van der Waals surface area (Å²) in [6.07, 6.45) is 10.2. The van der Waals surface area contributed by atoms with Crippen molar-refractivity contribution in [1.82, 2.24) is 19.6 Å². The summed E-state index contributed by atoms with van der Waals surface area (Å²) in [5, 5.41) is 13.6. The van der Waals surface area contributed by atoms with Crippen LogP contribution in [-0.2, 0) is 4.79 Å². The third-order valence-corrected chi connectivity index (χ3v) is 5.02. The van der Waals surface area contributed by atoms with Crippen LogP contribution in [0.4, 0.5) is 10.2 Å². The van der Waals surface area contributed by atoms with Crippen LogP contribution in [0.5, 0.6) is 0 Å². The Kier molecular flexibility index (Phi) is 4.77. The number of aliphatic carboxylic acids is 1. The van der Waals surface area contributed by atoms with Gasteiger partial charge in [0.15, 0.2) is 5.65 Å². The summed E-state index contributed by atoms with van der Waals surface area (Å²) in [6.45, 7) is 2.60. The van der Waals surface area contributed by atoms with Gasteiger partial charge in [0.25, 0.3) is 0 Å². The molecule has 7 nitrogen and oxygen atoms in total. The van der Waals surface area contributed by atoms with Gasteiger partial charge in [-0.1, -0.05) is 6.92 Å². The van der Waals surface area contributed by atoms with Crippen molar-refractivity contribution in [3.05, 3.63) is 59.4 Å². The van der Waals surface area contributed by atoms with Crippen molar-refractivity contribution in [2.45, 2.75) is 32.2 Å². The topological polar surface area (TPSA) is 83.6 Å². The smallest absolute Gasteiger partial charge is 0.331 e. The molecule has 1 fully saturated rings. The van der Waals surface area contributed by atoms with E-state index in [-0.39, 0.29) is 11.9 Å². The van der Waals surface area contributed by atoms with Gasteiger partial charge in [0, 0.05) is 30.1 Å². The zero-order chi connectivity index (χ0) is 19.7. The second-order valence-electron chi connectivity index (χ2n) is 6.77. The van der Waals surface area contributed by atoms with Crippen molar-refractivity contribution in [3.63, 3.8) is 0 Å². The maximum absolute atomic E-state index is 13.6. The molecule has 3 aromatic rings. The van der Waals surface area contributed by atoms with Crippen molar-refractivity contribution in [1.29, 1.82) is 0 Å². The van der Waals surface area contributed by atoms with Crippen LogP contribution >= 0.6 is 0 Å². The average Bonchev–Trinajstić information content (AvgIpc) is 3.32. The van der Waals surface area contributed by atoms with Crippen molar-refractivity contribution in [3.8, 4) is 0 Å². The molecule has 0 bridgehead atoms. The van der Waals surface area contributed by atoms with Gasteiger partial charge in [-0.2, -0.15) is 5.10 Å². The number of carbonyl (C=O) groups is 1. The molecule has 0 radical (unpaired) electrons. The van der Waals surface area contributed by atoms with Crippen LogP contribution < -0.4 is 4.90 Å². The third kappa shape index (κ3) is 3.33. The van der Waals surface area contributed by atoms with Gasteiger partial charge in [-0.05, 0) is 43.0 Å². The second kappa shape index (κ2) is 7.38. The molecule has 0 amide bonds. The van der Waals surface area contributed by atoms with E-state index in [1.54, 1.807) is 36.1 Å². The Hall–Kier alpha value is -3.29. The van der Waals surface area contributed by atoms with Crippen LogP contribution in [0.1, 0.15) is 43.4 Å². The lowest BCUT2D eigenvalue weighted by Crippen LogP contribution is -2.24. The SMILES string of the molecule is CCC(=Cc1cnn2ccc(N3CCCC3c3cncc(F)c3)nc12)C(=O)O. The summed E-state index contributed by atoms with van der Waals surface area (Å²) in [5.41, 5.74) is 2.37.